The van der Waals surface area contributed by atoms with E-state index in [2.05, 4.69) is 39.1 Å². The van der Waals surface area contributed by atoms with Gasteiger partial charge in [-0.3, -0.25) is 4.84 Å². The number of alkyl halides is 1. The molecule has 0 bridgehead atoms. The van der Waals surface area contributed by atoms with Crippen LogP contribution in [-0.4, -0.2) is 51.4 Å². The van der Waals surface area contributed by atoms with Gasteiger partial charge in [0.2, 0.25) is 0 Å². The molecule has 1 aromatic carbocycles. The van der Waals surface area contributed by atoms with Crippen molar-refractivity contribution in [1.29, 1.82) is 0 Å². The molecule has 1 saturated heterocycles. The lowest BCUT2D eigenvalue weighted by Crippen LogP contribution is -2.35. The number of aliphatic hydroxyl groups is 1. The molecule has 0 spiro atoms. The number of hydroxylamine groups is 2. The molecule has 0 amide bonds. The molecular formula is C18H25BrN2O3. The fraction of sp³-hybridized carbons (Fsp3) is 0.556. The zero-order valence-corrected chi connectivity index (χ0v) is 15.9. The molecular weight excluding hydrogens is 372 g/mol. The summed E-state index contributed by atoms with van der Waals surface area (Å²) in [5, 5.41) is 12.2. The first kappa shape index (κ1) is 17.9. The number of para-hydroxylation sites is 1. The molecule has 1 fully saturated rings. The van der Waals surface area contributed by atoms with E-state index in [1.165, 1.54) is 5.39 Å². The Morgan fingerprint density at radius 2 is 2.08 bits per heavy atom. The number of fused-ring (bicyclic) bond motifs is 1. The maximum absolute atomic E-state index is 9.05. The molecule has 1 unspecified atom stereocenters. The van der Waals surface area contributed by atoms with Gasteiger partial charge in [0.05, 0.1) is 42.3 Å². The number of ether oxygens (including phenoxy) is 1. The first-order chi connectivity index (χ1) is 11.4. The molecule has 2 N–H and O–H groups in total. The topological polar surface area (TPSA) is 57.7 Å². The van der Waals surface area contributed by atoms with Crippen molar-refractivity contribution >= 4 is 26.8 Å². The van der Waals surface area contributed by atoms with Crippen molar-refractivity contribution in [2.75, 3.05) is 19.8 Å². The van der Waals surface area contributed by atoms with Crippen LogP contribution in [0.1, 0.15) is 32.5 Å². The van der Waals surface area contributed by atoms with Crippen LogP contribution in [0.25, 0.3) is 10.9 Å². The average molecular weight is 397 g/mol. The minimum Gasteiger partial charge on any atom is -0.394 e. The number of aliphatic hydroxyl groups excluding tert-OH is 1. The third-order valence-electron chi connectivity index (χ3n) is 4.01. The summed E-state index contributed by atoms with van der Waals surface area (Å²) in [4.78, 5) is 9.76. The van der Waals surface area contributed by atoms with Crippen LogP contribution in [-0.2, 0) is 9.57 Å². The third-order valence-corrected chi connectivity index (χ3v) is 5.10. The van der Waals surface area contributed by atoms with Crippen molar-refractivity contribution in [2.45, 2.75) is 43.3 Å². The van der Waals surface area contributed by atoms with Crippen molar-refractivity contribution in [3.05, 3.63) is 36.0 Å². The highest BCUT2D eigenvalue weighted by Crippen LogP contribution is 2.40. The van der Waals surface area contributed by atoms with Crippen molar-refractivity contribution in [2.24, 2.45) is 0 Å². The molecule has 2 heterocycles. The number of benzene rings is 1. The van der Waals surface area contributed by atoms with E-state index in [0.717, 1.165) is 11.2 Å². The monoisotopic (exact) mass is 396 g/mol. The summed E-state index contributed by atoms with van der Waals surface area (Å²) in [5.41, 5.74) is 1.92. The molecule has 3 rings (SSSR count). The molecule has 2 aromatic rings. The van der Waals surface area contributed by atoms with E-state index < -0.39 is 0 Å². The standard InChI is InChI=1S/C18H25BrN2O3/c1-18(2,3)24-21-11-15(23-9-8-22)16(19)17(21)14-10-12-6-4-5-7-13(12)20-14/h4-7,10,15-17,20,22H,8-9,11H2,1-3H3/t15-,16+,17?/m1/s1. The Kier molecular flexibility index (Phi) is 5.32. The number of aromatic amines is 1. The van der Waals surface area contributed by atoms with E-state index in [1.807, 2.05) is 38.0 Å². The molecule has 0 aliphatic carbocycles. The van der Waals surface area contributed by atoms with E-state index in [1.54, 1.807) is 0 Å². The van der Waals surface area contributed by atoms with Crippen molar-refractivity contribution < 1.29 is 14.7 Å². The summed E-state index contributed by atoms with van der Waals surface area (Å²) in [7, 11) is 0. The molecule has 1 aliphatic rings. The van der Waals surface area contributed by atoms with Gasteiger partial charge in [-0.05, 0) is 38.3 Å². The third kappa shape index (κ3) is 3.83. The highest BCUT2D eigenvalue weighted by molar-refractivity contribution is 9.09. The van der Waals surface area contributed by atoms with Gasteiger partial charge in [0, 0.05) is 11.2 Å². The van der Waals surface area contributed by atoms with Gasteiger partial charge in [0.1, 0.15) is 0 Å². The Labute approximate surface area is 151 Å². The summed E-state index contributed by atoms with van der Waals surface area (Å²) in [6.07, 6.45) is -0.0455. The summed E-state index contributed by atoms with van der Waals surface area (Å²) >= 11 is 3.80. The fourth-order valence-corrected chi connectivity index (χ4v) is 4.00. The molecule has 1 aliphatic heterocycles. The normalized spacial score (nSPS) is 25.6. The summed E-state index contributed by atoms with van der Waals surface area (Å²) in [6, 6.07) is 10.4. The highest BCUT2D eigenvalue weighted by Gasteiger charge is 2.44. The van der Waals surface area contributed by atoms with Gasteiger partial charge in [0.25, 0.3) is 0 Å². The van der Waals surface area contributed by atoms with Gasteiger partial charge in [0.15, 0.2) is 0 Å². The number of nitrogens with one attached hydrogen (secondary N) is 1. The second-order valence-electron chi connectivity index (χ2n) is 7.14. The van der Waals surface area contributed by atoms with Crippen molar-refractivity contribution in [3.63, 3.8) is 0 Å². The second kappa shape index (κ2) is 7.14. The zero-order chi connectivity index (χ0) is 17.3. The fourth-order valence-electron chi connectivity index (χ4n) is 3.13. The number of rotatable bonds is 5. The summed E-state index contributed by atoms with van der Waals surface area (Å²) in [6.45, 7) is 7.12. The van der Waals surface area contributed by atoms with E-state index in [9.17, 15) is 0 Å². The van der Waals surface area contributed by atoms with Crippen molar-refractivity contribution in [1.82, 2.24) is 10.0 Å². The maximum atomic E-state index is 9.05. The summed E-state index contributed by atoms with van der Waals surface area (Å²) < 4.78 is 5.80. The van der Waals surface area contributed by atoms with Crippen LogP contribution in [0.15, 0.2) is 30.3 Å². The maximum Gasteiger partial charge on any atom is 0.0903 e. The van der Waals surface area contributed by atoms with Gasteiger partial charge in [-0.2, -0.15) is 5.06 Å². The van der Waals surface area contributed by atoms with Crippen LogP contribution in [0.5, 0.6) is 0 Å². The Morgan fingerprint density at radius 3 is 2.75 bits per heavy atom. The lowest BCUT2D eigenvalue weighted by atomic mass is 10.1. The number of hydrogen-bond donors (Lipinski definition) is 2. The molecule has 0 saturated carbocycles. The van der Waals surface area contributed by atoms with E-state index in [-0.39, 0.29) is 29.2 Å². The molecule has 5 nitrogen and oxygen atoms in total. The first-order valence-electron chi connectivity index (χ1n) is 8.29. The van der Waals surface area contributed by atoms with Gasteiger partial charge in [-0.25, -0.2) is 0 Å². The van der Waals surface area contributed by atoms with Crippen molar-refractivity contribution in [3.8, 4) is 0 Å². The van der Waals surface area contributed by atoms with E-state index in [4.69, 9.17) is 14.7 Å². The zero-order valence-electron chi connectivity index (χ0n) is 14.3. The average Bonchev–Trinajstić information content (AvgIpc) is 3.04. The predicted molar refractivity (Wildman–Crippen MR) is 98.1 cm³/mol. The molecule has 6 heteroatoms. The number of nitrogens with zero attached hydrogens (tertiary/aromatic N) is 1. The van der Waals surface area contributed by atoms with Crippen LogP contribution >= 0.6 is 15.9 Å². The molecule has 24 heavy (non-hydrogen) atoms. The van der Waals surface area contributed by atoms with Crippen LogP contribution in [0.3, 0.4) is 0 Å². The Bertz CT molecular complexity index is 649. The van der Waals surface area contributed by atoms with Gasteiger partial charge < -0.3 is 14.8 Å². The smallest absolute Gasteiger partial charge is 0.0903 e. The number of H-pyrrole nitrogens is 1. The van der Waals surface area contributed by atoms with E-state index >= 15 is 0 Å². The minimum atomic E-state index is -0.289. The SMILES string of the molecule is CC(C)(C)ON1C[C@@H](OCCO)[C@H](Br)C1c1cc2ccccc2[nH]1. The van der Waals surface area contributed by atoms with Crippen LogP contribution in [0.2, 0.25) is 0 Å². The predicted octanol–water partition coefficient (Wildman–Crippen LogP) is 3.40. The van der Waals surface area contributed by atoms with Crippen LogP contribution in [0, 0.1) is 0 Å². The van der Waals surface area contributed by atoms with Gasteiger partial charge in [-0.15, -0.1) is 0 Å². The Balaban J connectivity index is 1.90. The molecule has 3 atom stereocenters. The Hall–Kier alpha value is -0.920. The highest BCUT2D eigenvalue weighted by atomic mass is 79.9. The summed E-state index contributed by atoms with van der Waals surface area (Å²) in [5.74, 6) is 0. The molecule has 1 aromatic heterocycles. The molecule has 132 valence electrons. The lowest BCUT2D eigenvalue weighted by Gasteiger charge is -2.31. The van der Waals surface area contributed by atoms with Crippen LogP contribution in [0.4, 0.5) is 0 Å². The number of halogens is 1. The van der Waals surface area contributed by atoms with Gasteiger partial charge in [-0.1, -0.05) is 34.1 Å². The number of aromatic nitrogens is 1. The molecule has 0 radical (unpaired) electrons. The largest absolute Gasteiger partial charge is 0.394 e. The Morgan fingerprint density at radius 1 is 1.33 bits per heavy atom. The lowest BCUT2D eigenvalue weighted by molar-refractivity contribution is -0.240. The first-order valence-corrected chi connectivity index (χ1v) is 9.20. The second-order valence-corrected chi connectivity index (χ2v) is 8.19. The quantitative estimate of drug-likeness (QED) is 0.760. The number of hydrogen-bond acceptors (Lipinski definition) is 4. The van der Waals surface area contributed by atoms with E-state index in [0.29, 0.717) is 13.2 Å². The minimum absolute atomic E-state index is 0.0142. The van der Waals surface area contributed by atoms with Crippen LogP contribution < -0.4 is 0 Å². The van der Waals surface area contributed by atoms with Gasteiger partial charge >= 0.3 is 0 Å².